The standard InChI is InChI=1S/C16H26O4/c1-6-19-15(17)12(5)16(18)20-14-9-11(4)7-8-13(14)10(2)3/h10-11,13-14H,5-9H2,1-4H3. The van der Waals surface area contributed by atoms with Crippen molar-refractivity contribution in [1.29, 1.82) is 0 Å². The second-order valence-electron chi connectivity index (χ2n) is 5.97. The second kappa shape index (κ2) is 7.46. The Morgan fingerprint density at radius 1 is 1.25 bits per heavy atom. The van der Waals surface area contributed by atoms with Crippen LogP contribution < -0.4 is 0 Å². The highest BCUT2D eigenvalue weighted by molar-refractivity contribution is 6.13. The number of ether oxygens (including phenoxy) is 2. The van der Waals surface area contributed by atoms with Gasteiger partial charge in [-0.25, -0.2) is 9.59 Å². The van der Waals surface area contributed by atoms with E-state index in [0.717, 1.165) is 19.3 Å². The molecule has 0 aromatic rings. The smallest absolute Gasteiger partial charge is 0.345 e. The zero-order valence-electron chi connectivity index (χ0n) is 13.0. The minimum atomic E-state index is -0.692. The van der Waals surface area contributed by atoms with Crippen molar-refractivity contribution in [3.05, 3.63) is 12.2 Å². The minimum absolute atomic E-state index is 0.127. The molecule has 3 unspecified atom stereocenters. The van der Waals surface area contributed by atoms with Gasteiger partial charge in [0.25, 0.3) is 0 Å². The minimum Gasteiger partial charge on any atom is -0.462 e. The molecule has 1 fully saturated rings. The third-order valence-electron chi connectivity index (χ3n) is 3.99. The van der Waals surface area contributed by atoms with E-state index in [9.17, 15) is 9.59 Å². The summed E-state index contributed by atoms with van der Waals surface area (Å²) in [4.78, 5) is 23.5. The van der Waals surface area contributed by atoms with E-state index in [1.165, 1.54) is 0 Å². The molecule has 4 heteroatoms. The van der Waals surface area contributed by atoms with Gasteiger partial charge in [0, 0.05) is 0 Å². The molecule has 1 aliphatic carbocycles. The Hall–Kier alpha value is -1.32. The molecule has 0 aliphatic heterocycles. The fourth-order valence-corrected chi connectivity index (χ4v) is 2.76. The van der Waals surface area contributed by atoms with Crippen molar-refractivity contribution in [2.45, 2.75) is 53.1 Å². The molecule has 0 amide bonds. The lowest BCUT2D eigenvalue weighted by Crippen LogP contribution is -2.36. The average molecular weight is 282 g/mol. The lowest BCUT2D eigenvalue weighted by Gasteiger charge is -2.36. The van der Waals surface area contributed by atoms with Gasteiger partial charge in [-0.3, -0.25) is 0 Å². The van der Waals surface area contributed by atoms with Crippen LogP contribution in [0.1, 0.15) is 47.0 Å². The Balaban J connectivity index is 2.66. The zero-order chi connectivity index (χ0) is 15.3. The van der Waals surface area contributed by atoms with E-state index >= 15 is 0 Å². The van der Waals surface area contributed by atoms with E-state index in [0.29, 0.717) is 17.8 Å². The molecule has 4 nitrogen and oxygen atoms in total. The molecular formula is C16H26O4. The van der Waals surface area contributed by atoms with Gasteiger partial charge in [-0.05, 0) is 37.5 Å². The van der Waals surface area contributed by atoms with Crippen molar-refractivity contribution in [3.8, 4) is 0 Å². The van der Waals surface area contributed by atoms with Crippen molar-refractivity contribution in [1.82, 2.24) is 0 Å². The largest absolute Gasteiger partial charge is 0.462 e. The van der Waals surface area contributed by atoms with E-state index in [1.54, 1.807) is 6.92 Å². The topological polar surface area (TPSA) is 52.6 Å². The zero-order valence-corrected chi connectivity index (χ0v) is 13.0. The van der Waals surface area contributed by atoms with Crippen LogP contribution in [0.4, 0.5) is 0 Å². The maximum Gasteiger partial charge on any atom is 0.345 e. The third kappa shape index (κ3) is 4.36. The Bertz CT molecular complexity index is 373. The lowest BCUT2D eigenvalue weighted by atomic mass is 9.75. The summed E-state index contributed by atoms with van der Waals surface area (Å²) in [5.41, 5.74) is -0.215. The summed E-state index contributed by atoms with van der Waals surface area (Å²) < 4.78 is 10.3. The molecule has 1 saturated carbocycles. The van der Waals surface area contributed by atoms with Gasteiger partial charge in [-0.15, -0.1) is 0 Å². The molecule has 0 saturated heterocycles. The summed E-state index contributed by atoms with van der Waals surface area (Å²) >= 11 is 0. The van der Waals surface area contributed by atoms with Crippen LogP contribution in [0.15, 0.2) is 12.2 Å². The van der Waals surface area contributed by atoms with Gasteiger partial charge in [0.15, 0.2) is 0 Å². The fraction of sp³-hybridized carbons (Fsp3) is 0.750. The highest BCUT2D eigenvalue weighted by atomic mass is 16.6. The van der Waals surface area contributed by atoms with Gasteiger partial charge < -0.3 is 9.47 Å². The molecule has 0 bridgehead atoms. The van der Waals surface area contributed by atoms with Crippen LogP contribution in [0, 0.1) is 17.8 Å². The fourth-order valence-electron chi connectivity index (χ4n) is 2.76. The van der Waals surface area contributed by atoms with E-state index in [2.05, 4.69) is 27.4 Å². The van der Waals surface area contributed by atoms with Crippen molar-refractivity contribution < 1.29 is 19.1 Å². The lowest BCUT2D eigenvalue weighted by molar-refractivity contribution is -0.155. The van der Waals surface area contributed by atoms with Gasteiger partial charge in [-0.1, -0.05) is 33.8 Å². The molecule has 0 aromatic carbocycles. The molecule has 114 valence electrons. The summed E-state index contributed by atoms with van der Waals surface area (Å²) in [6.45, 7) is 11.8. The first-order valence-corrected chi connectivity index (χ1v) is 7.43. The SMILES string of the molecule is C=C(C(=O)OCC)C(=O)OC1CC(C)CCC1C(C)C. The molecule has 0 heterocycles. The van der Waals surface area contributed by atoms with Crippen LogP contribution in [0.25, 0.3) is 0 Å². The highest BCUT2D eigenvalue weighted by Gasteiger charge is 2.34. The quantitative estimate of drug-likeness (QED) is 0.336. The van der Waals surface area contributed by atoms with Crippen LogP contribution in [-0.2, 0) is 19.1 Å². The Labute approximate surface area is 121 Å². The van der Waals surface area contributed by atoms with Crippen molar-refractivity contribution >= 4 is 11.9 Å². The molecule has 0 aromatic heterocycles. The number of hydrogen-bond donors (Lipinski definition) is 0. The molecule has 0 N–H and O–H groups in total. The third-order valence-corrected chi connectivity index (χ3v) is 3.99. The molecule has 1 rings (SSSR count). The summed E-state index contributed by atoms with van der Waals surface area (Å²) in [5, 5.41) is 0. The summed E-state index contributed by atoms with van der Waals surface area (Å²) in [6.07, 6.45) is 2.95. The monoisotopic (exact) mass is 282 g/mol. The first-order chi connectivity index (χ1) is 9.36. The maximum absolute atomic E-state index is 12.0. The molecule has 1 aliphatic rings. The van der Waals surface area contributed by atoms with Crippen LogP contribution in [-0.4, -0.2) is 24.6 Å². The summed E-state index contributed by atoms with van der Waals surface area (Å²) in [7, 11) is 0. The average Bonchev–Trinajstić information content (AvgIpc) is 2.37. The number of carbonyl (C=O) groups is 2. The van der Waals surface area contributed by atoms with Crippen molar-refractivity contribution in [2.75, 3.05) is 6.61 Å². The van der Waals surface area contributed by atoms with E-state index in [4.69, 9.17) is 9.47 Å². The Morgan fingerprint density at radius 2 is 1.90 bits per heavy atom. The Kier molecular flexibility index (Phi) is 6.24. The van der Waals surface area contributed by atoms with Crippen LogP contribution in [0.5, 0.6) is 0 Å². The normalized spacial score (nSPS) is 26.1. The first-order valence-electron chi connectivity index (χ1n) is 7.43. The van der Waals surface area contributed by atoms with Gasteiger partial charge in [-0.2, -0.15) is 0 Å². The van der Waals surface area contributed by atoms with Gasteiger partial charge in [0.05, 0.1) is 6.61 Å². The molecule has 20 heavy (non-hydrogen) atoms. The molecule has 0 spiro atoms. The van der Waals surface area contributed by atoms with Gasteiger partial charge in [0.1, 0.15) is 11.7 Å². The first kappa shape index (κ1) is 16.7. The van der Waals surface area contributed by atoms with E-state index in [-0.39, 0.29) is 18.3 Å². The van der Waals surface area contributed by atoms with Gasteiger partial charge >= 0.3 is 11.9 Å². The van der Waals surface area contributed by atoms with E-state index in [1.807, 2.05) is 0 Å². The van der Waals surface area contributed by atoms with Gasteiger partial charge in [0.2, 0.25) is 0 Å². The maximum atomic E-state index is 12.0. The van der Waals surface area contributed by atoms with Crippen LogP contribution in [0.3, 0.4) is 0 Å². The van der Waals surface area contributed by atoms with Crippen molar-refractivity contribution in [3.63, 3.8) is 0 Å². The summed E-state index contributed by atoms with van der Waals surface area (Å²) in [5.74, 6) is 0.00983. The van der Waals surface area contributed by atoms with E-state index < -0.39 is 11.9 Å². The predicted molar refractivity (Wildman–Crippen MR) is 77.0 cm³/mol. The second-order valence-corrected chi connectivity index (χ2v) is 5.97. The Morgan fingerprint density at radius 3 is 2.45 bits per heavy atom. The van der Waals surface area contributed by atoms with Crippen LogP contribution >= 0.6 is 0 Å². The number of hydrogen-bond acceptors (Lipinski definition) is 4. The number of rotatable bonds is 5. The number of carbonyl (C=O) groups excluding carboxylic acids is 2. The molecular weight excluding hydrogens is 256 g/mol. The van der Waals surface area contributed by atoms with Crippen LogP contribution in [0.2, 0.25) is 0 Å². The molecule has 0 radical (unpaired) electrons. The number of esters is 2. The molecule has 3 atom stereocenters. The summed E-state index contributed by atoms with van der Waals surface area (Å²) in [6, 6.07) is 0. The van der Waals surface area contributed by atoms with Crippen molar-refractivity contribution in [2.24, 2.45) is 17.8 Å². The predicted octanol–water partition coefficient (Wildman–Crippen LogP) is 3.11. The highest BCUT2D eigenvalue weighted by Crippen LogP contribution is 2.35.